The average molecular weight is 472 g/mol. The van der Waals surface area contributed by atoms with Crippen molar-refractivity contribution in [2.75, 3.05) is 7.05 Å². The van der Waals surface area contributed by atoms with Crippen LogP contribution in [0.5, 0.6) is 0 Å². The first-order valence-corrected chi connectivity index (χ1v) is 13.5. The lowest BCUT2D eigenvalue weighted by Crippen LogP contribution is -2.60. The number of nitrogens with zero attached hydrogens (tertiary/aromatic N) is 3. The number of rotatable bonds is 6. The van der Waals surface area contributed by atoms with Crippen LogP contribution in [0, 0.1) is 0 Å². The third-order valence-corrected chi connectivity index (χ3v) is 7.94. The lowest BCUT2D eigenvalue weighted by Gasteiger charge is -2.45. The quantitative estimate of drug-likeness (QED) is 0.442. The summed E-state index contributed by atoms with van der Waals surface area (Å²) in [6.45, 7) is 10.8. The van der Waals surface area contributed by atoms with E-state index in [4.69, 9.17) is 4.99 Å². The highest BCUT2D eigenvalue weighted by Crippen LogP contribution is 2.36. The van der Waals surface area contributed by atoms with Crippen molar-refractivity contribution in [2.24, 2.45) is 4.99 Å². The number of piperazine rings is 1. The molecule has 2 fully saturated rings. The van der Waals surface area contributed by atoms with E-state index in [1.54, 1.807) is 0 Å². The van der Waals surface area contributed by atoms with Gasteiger partial charge in [0, 0.05) is 18.7 Å². The molecular weight excluding hydrogens is 430 g/mol. The van der Waals surface area contributed by atoms with Crippen molar-refractivity contribution in [2.45, 2.75) is 91.6 Å². The molecular formula is C31H41N3O. The van der Waals surface area contributed by atoms with E-state index in [1.807, 2.05) is 18.9 Å². The number of carbonyl (C=O) groups is 1. The number of carbonyl (C=O) groups excluding carboxylic acids is 1. The van der Waals surface area contributed by atoms with Crippen LogP contribution in [0.15, 0.2) is 58.7 Å². The Balaban J connectivity index is 1.99. The summed E-state index contributed by atoms with van der Waals surface area (Å²) in [6.07, 6.45) is 9.46. The first-order valence-electron chi connectivity index (χ1n) is 13.5. The van der Waals surface area contributed by atoms with Crippen molar-refractivity contribution in [3.05, 3.63) is 64.9 Å². The number of aliphatic imine (C=N–C) groups is 1. The van der Waals surface area contributed by atoms with Crippen LogP contribution in [0.2, 0.25) is 0 Å². The largest absolute Gasteiger partial charge is 0.340 e. The minimum atomic E-state index is -0.160. The summed E-state index contributed by atoms with van der Waals surface area (Å²) < 4.78 is 0. The number of fused-ring (bicyclic) bond motifs is 1. The summed E-state index contributed by atoms with van der Waals surface area (Å²) in [4.78, 5) is 23.2. The van der Waals surface area contributed by atoms with Crippen LogP contribution < -0.4 is 0 Å². The topological polar surface area (TPSA) is 35.9 Å². The lowest BCUT2D eigenvalue weighted by atomic mass is 9.94. The van der Waals surface area contributed by atoms with Crippen molar-refractivity contribution in [3.8, 4) is 0 Å². The summed E-state index contributed by atoms with van der Waals surface area (Å²) in [7, 11) is 1.91. The predicted molar refractivity (Wildman–Crippen MR) is 148 cm³/mol. The fourth-order valence-electron chi connectivity index (χ4n) is 5.88. The van der Waals surface area contributed by atoms with Crippen molar-refractivity contribution in [3.63, 3.8) is 0 Å². The third kappa shape index (κ3) is 4.55. The first kappa shape index (κ1) is 25.2. The van der Waals surface area contributed by atoms with Gasteiger partial charge in [0.25, 0.3) is 0 Å². The molecule has 1 atom stereocenters. The van der Waals surface area contributed by atoms with Crippen molar-refractivity contribution < 1.29 is 4.79 Å². The van der Waals surface area contributed by atoms with Crippen LogP contribution in [0.1, 0.15) is 84.3 Å². The number of allylic oxidation sites excluding steroid dienone is 2. The second kappa shape index (κ2) is 10.8. The Morgan fingerprint density at radius 1 is 1.09 bits per heavy atom. The molecule has 35 heavy (non-hydrogen) atoms. The Morgan fingerprint density at radius 3 is 2.37 bits per heavy atom. The van der Waals surface area contributed by atoms with Gasteiger partial charge in [-0.15, -0.1) is 0 Å². The normalized spacial score (nSPS) is 22.6. The summed E-state index contributed by atoms with van der Waals surface area (Å²) in [5, 5.41) is 2.55. The average Bonchev–Trinajstić information content (AvgIpc) is 3.42. The molecule has 1 saturated carbocycles. The van der Waals surface area contributed by atoms with Crippen LogP contribution in [-0.2, 0) is 11.2 Å². The molecule has 4 heteroatoms. The van der Waals surface area contributed by atoms with E-state index in [0.717, 1.165) is 49.3 Å². The molecule has 0 N–H and O–H groups in total. The predicted octanol–water partition coefficient (Wildman–Crippen LogP) is 7.34. The maximum atomic E-state index is 13.4. The monoisotopic (exact) mass is 471 g/mol. The fourth-order valence-corrected chi connectivity index (χ4v) is 5.88. The number of aryl methyl sites for hydroxylation is 1. The van der Waals surface area contributed by atoms with Crippen molar-refractivity contribution in [1.29, 1.82) is 0 Å². The van der Waals surface area contributed by atoms with E-state index in [0.29, 0.717) is 6.04 Å². The van der Waals surface area contributed by atoms with E-state index >= 15 is 0 Å². The molecule has 1 amide bonds. The maximum absolute atomic E-state index is 13.4. The van der Waals surface area contributed by atoms with Gasteiger partial charge in [-0.1, -0.05) is 76.1 Å². The van der Waals surface area contributed by atoms with Gasteiger partial charge in [0.15, 0.2) is 5.84 Å². The molecule has 1 heterocycles. The van der Waals surface area contributed by atoms with Crippen molar-refractivity contribution >= 4 is 28.2 Å². The van der Waals surface area contributed by atoms with E-state index in [9.17, 15) is 4.79 Å². The van der Waals surface area contributed by atoms with Gasteiger partial charge in [0.1, 0.15) is 6.04 Å². The van der Waals surface area contributed by atoms with E-state index in [1.165, 1.54) is 40.3 Å². The summed E-state index contributed by atoms with van der Waals surface area (Å²) in [6, 6.07) is 13.4. The fraction of sp³-hybridized carbons (Fsp3) is 0.484. The molecule has 0 bridgehead atoms. The summed E-state index contributed by atoms with van der Waals surface area (Å²) in [5.74, 6) is 1.14. The maximum Gasteiger partial charge on any atom is 0.249 e. The molecule has 4 nitrogen and oxygen atoms in total. The number of hydrogen-bond donors (Lipinski definition) is 0. The van der Waals surface area contributed by atoms with Gasteiger partial charge < -0.3 is 9.80 Å². The molecule has 2 aromatic carbocycles. The standard InChI is InChI=1S/C31H41N3O/c1-7-21(5)29(25-20-14-17-23-16-13-15-22(8-2)28(23)25)32-30-26(9-3)33(6)31(35)27(10-4)34(30)24-18-11-12-19-24/h9,13-17,20,24,27H,7-8,10-12,18-19H2,1-6H3/b26-9+,29-21?,32-30?/t27-/m1/s1. The first-order chi connectivity index (χ1) is 17.0. The third-order valence-electron chi connectivity index (χ3n) is 7.94. The Kier molecular flexibility index (Phi) is 7.78. The number of hydrogen-bond acceptors (Lipinski definition) is 2. The highest BCUT2D eigenvalue weighted by molar-refractivity contribution is 6.10. The van der Waals surface area contributed by atoms with Gasteiger partial charge in [-0.2, -0.15) is 0 Å². The minimum Gasteiger partial charge on any atom is -0.340 e. The molecule has 0 unspecified atom stereocenters. The zero-order valence-corrected chi connectivity index (χ0v) is 22.4. The summed E-state index contributed by atoms with van der Waals surface area (Å²) in [5.41, 5.74) is 5.78. The van der Waals surface area contributed by atoms with Gasteiger partial charge in [-0.25, -0.2) is 4.99 Å². The number of likely N-dealkylation sites (N-methyl/N-ethyl adjacent to an activating group) is 1. The molecule has 1 aliphatic carbocycles. The van der Waals surface area contributed by atoms with Crippen LogP contribution in [-0.4, -0.2) is 40.7 Å². The highest BCUT2D eigenvalue weighted by Gasteiger charge is 2.42. The smallest absolute Gasteiger partial charge is 0.249 e. The lowest BCUT2D eigenvalue weighted by molar-refractivity contribution is -0.134. The van der Waals surface area contributed by atoms with Gasteiger partial charge in [-0.05, 0) is 67.9 Å². The van der Waals surface area contributed by atoms with E-state index in [2.05, 4.69) is 75.1 Å². The molecule has 2 aromatic rings. The number of amidine groups is 1. The molecule has 186 valence electrons. The van der Waals surface area contributed by atoms with Gasteiger partial charge in [-0.3, -0.25) is 4.79 Å². The molecule has 0 spiro atoms. The zero-order chi connectivity index (χ0) is 25.1. The van der Waals surface area contributed by atoms with Crippen LogP contribution in [0.3, 0.4) is 0 Å². The van der Waals surface area contributed by atoms with Gasteiger partial charge >= 0.3 is 0 Å². The van der Waals surface area contributed by atoms with Crippen molar-refractivity contribution in [1.82, 2.24) is 9.80 Å². The van der Waals surface area contributed by atoms with E-state index in [-0.39, 0.29) is 11.9 Å². The van der Waals surface area contributed by atoms with Gasteiger partial charge in [0.05, 0.1) is 11.4 Å². The Hall–Kier alpha value is -2.88. The van der Waals surface area contributed by atoms with Crippen LogP contribution >= 0.6 is 0 Å². The SMILES string of the molecule is C/C=C1\C(=NC(=C(C)CC)c2cccc3cccc(CC)c23)N(C2CCCC2)[C@H](CC)C(=O)N1C. The molecule has 1 saturated heterocycles. The zero-order valence-electron chi connectivity index (χ0n) is 22.4. The van der Waals surface area contributed by atoms with Gasteiger partial charge in [0.2, 0.25) is 5.91 Å². The molecule has 0 radical (unpaired) electrons. The molecule has 1 aliphatic heterocycles. The Bertz CT molecular complexity index is 1180. The molecule has 0 aromatic heterocycles. The molecule has 2 aliphatic rings. The highest BCUT2D eigenvalue weighted by atomic mass is 16.2. The van der Waals surface area contributed by atoms with Crippen LogP contribution in [0.25, 0.3) is 16.5 Å². The van der Waals surface area contributed by atoms with Crippen LogP contribution in [0.4, 0.5) is 0 Å². The Morgan fingerprint density at radius 2 is 1.77 bits per heavy atom. The number of benzene rings is 2. The second-order valence-electron chi connectivity index (χ2n) is 9.93. The Labute approximate surface area is 211 Å². The second-order valence-corrected chi connectivity index (χ2v) is 9.93. The minimum absolute atomic E-state index is 0.160. The molecule has 4 rings (SSSR count). The summed E-state index contributed by atoms with van der Waals surface area (Å²) >= 11 is 0. The van der Waals surface area contributed by atoms with E-state index < -0.39 is 0 Å². The number of amides is 1.